The third kappa shape index (κ3) is 6.67. The summed E-state index contributed by atoms with van der Waals surface area (Å²) < 4.78 is 17.3. The monoisotopic (exact) mass is 452 g/mol. The molecule has 170 valence electrons. The number of rotatable bonds is 7. The lowest BCUT2D eigenvalue weighted by atomic mass is 10.0. The lowest BCUT2D eigenvalue weighted by Crippen LogP contribution is -2.53. The normalized spacial score (nSPS) is 13.4. The van der Waals surface area contributed by atoms with Crippen molar-refractivity contribution in [3.05, 3.63) is 35.0 Å². The van der Waals surface area contributed by atoms with Gasteiger partial charge in [-0.1, -0.05) is 0 Å². The average molecular weight is 453 g/mol. The molecule has 2 heterocycles. The van der Waals surface area contributed by atoms with Gasteiger partial charge in [0.1, 0.15) is 11.3 Å². The van der Waals surface area contributed by atoms with Crippen LogP contribution in [-0.2, 0) is 20.8 Å². The maximum absolute atomic E-state index is 12.4. The van der Waals surface area contributed by atoms with Crippen molar-refractivity contribution in [2.75, 3.05) is 20.8 Å². The number of esters is 1. The summed E-state index contributed by atoms with van der Waals surface area (Å²) in [6.07, 6.45) is 2.78. The largest absolute Gasteiger partial charge is 0.464 e. The number of nitrogens with zero attached hydrogens (tertiary/aromatic N) is 3. The third-order valence-corrected chi connectivity index (χ3v) is 4.47. The highest BCUT2D eigenvalue weighted by Crippen LogP contribution is 2.26. The van der Waals surface area contributed by atoms with E-state index in [9.17, 15) is 9.59 Å². The Kier molecular flexibility index (Phi) is 7.67. The second-order valence-electron chi connectivity index (χ2n) is 8.52. The molecule has 31 heavy (non-hydrogen) atoms. The minimum absolute atomic E-state index is 0.101. The van der Waals surface area contributed by atoms with Crippen LogP contribution in [0.3, 0.4) is 0 Å². The van der Waals surface area contributed by atoms with Gasteiger partial charge in [-0.15, -0.1) is 0 Å². The first kappa shape index (κ1) is 24.6. The smallest absolute Gasteiger partial charge is 0.408 e. The van der Waals surface area contributed by atoms with E-state index in [1.54, 1.807) is 50.7 Å². The second-order valence-corrected chi connectivity index (χ2v) is 8.86. The van der Waals surface area contributed by atoms with Crippen molar-refractivity contribution in [2.45, 2.75) is 52.3 Å². The highest BCUT2D eigenvalue weighted by molar-refractivity contribution is 6.28. The number of halogens is 1. The van der Waals surface area contributed by atoms with Gasteiger partial charge in [0.2, 0.25) is 5.28 Å². The van der Waals surface area contributed by atoms with Crippen LogP contribution < -0.4 is 5.32 Å². The number of hydrogen-bond acceptors (Lipinski definition) is 7. The molecule has 0 aliphatic carbocycles. The van der Waals surface area contributed by atoms with Crippen LogP contribution >= 0.6 is 11.6 Å². The fraction of sp³-hybridized carbons (Fsp3) is 0.524. The zero-order chi connectivity index (χ0) is 23.4. The Bertz CT molecular complexity index is 954. The number of methoxy groups -OCH3 is 2. The van der Waals surface area contributed by atoms with Crippen molar-refractivity contribution in [2.24, 2.45) is 0 Å². The van der Waals surface area contributed by atoms with Gasteiger partial charge < -0.3 is 24.1 Å². The lowest BCUT2D eigenvalue weighted by molar-refractivity contribution is 0.0355. The maximum atomic E-state index is 12.4. The van der Waals surface area contributed by atoms with Gasteiger partial charge in [-0.05, 0) is 57.8 Å². The van der Waals surface area contributed by atoms with Crippen molar-refractivity contribution in [1.82, 2.24) is 19.9 Å². The van der Waals surface area contributed by atoms with Crippen LogP contribution in [0.25, 0.3) is 11.3 Å². The Morgan fingerprint density at radius 2 is 1.90 bits per heavy atom. The molecule has 0 spiro atoms. The van der Waals surface area contributed by atoms with Gasteiger partial charge in [0.25, 0.3) is 0 Å². The summed E-state index contributed by atoms with van der Waals surface area (Å²) in [6, 6.07) is 1.66. The van der Waals surface area contributed by atoms with Gasteiger partial charge in [0.15, 0.2) is 0 Å². The van der Waals surface area contributed by atoms with E-state index in [1.165, 1.54) is 14.2 Å². The summed E-state index contributed by atoms with van der Waals surface area (Å²) in [5.74, 6) is -0.527. The molecular weight excluding hydrogens is 424 g/mol. The molecule has 2 rings (SSSR count). The van der Waals surface area contributed by atoms with E-state index < -0.39 is 23.2 Å². The van der Waals surface area contributed by atoms with Crippen LogP contribution in [0, 0.1) is 6.92 Å². The molecule has 1 atom stereocenters. The molecule has 2 aromatic rings. The SMILES string of the molecule is COCC(C)(Cn1cc(-c2nc(Cl)ncc2C)cc1C(=O)OC)NC(=O)OC(C)(C)C. The minimum atomic E-state index is -0.880. The zero-order valence-corrected chi connectivity index (χ0v) is 19.7. The number of ether oxygens (including phenoxy) is 3. The highest BCUT2D eigenvalue weighted by Gasteiger charge is 2.31. The van der Waals surface area contributed by atoms with E-state index in [0.717, 1.165) is 5.56 Å². The number of carbonyl (C=O) groups is 2. The number of alkyl carbamates (subject to hydrolysis) is 1. The van der Waals surface area contributed by atoms with Crippen molar-refractivity contribution >= 4 is 23.7 Å². The van der Waals surface area contributed by atoms with Crippen molar-refractivity contribution in [1.29, 1.82) is 0 Å². The Balaban J connectivity index is 2.44. The van der Waals surface area contributed by atoms with E-state index in [-0.39, 0.29) is 18.4 Å². The first-order valence-electron chi connectivity index (χ1n) is 9.65. The van der Waals surface area contributed by atoms with Gasteiger partial charge in [-0.2, -0.15) is 0 Å². The number of hydrogen-bond donors (Lipinski definition) is 1. The van der Waals surface area contributed by atoms with Crippen molar-refractivity contribution in [3.8, 4) is 11.3 Å². The Hall–Kier alpha value is -2.65. The molecule has 0 aromatic carbocycles. The Morgan fingerprint density at radius 1 is 1.23 bits per heavy atom. The van der Waals surface area contributed by atoms with E-state index in [1.807, 2.05) is 6.92 Å². The quantitative estimate of drug-likeness (QED) is 0.505. The molecular formula is C21H29ClN4O5. The van der Waals surface area contributed by atoms with Crippen LogP contribution in [-0.4, -0.2) is 58.6 Å². The number of nitrogens with one attached hydrogen (secondary N) is 1. The van der Waals surface area contributed by atoms with Gasteiger partial charge in [0, 0.05) is 31.6 Å². The number of aryl methyl sites for hydroxylation is 1. The first-order valence-corrected chi connectivity index (χ1v) is 10.0. The number of aromatic nitrogens is 3. The first-order chi connectivity index (χ1) is 14.4. The van der Waals surface area contributed by atoms with E-state index in [2.05, 4.69) is 15.3 Å². The van der Waals surface area contributed by atoms with Crippen LogP contribution in [0.4, 0.5) is 4.79 Å². The van der Waals surface area contributed by atoms with E-state index in [4.69, 9.17) is 25.8 Å². The maximum Gasteiger partial charge on any atom is 0.408 e. The van der Waals surface area contributed by atoms with Crippen molar-refractivity contribution in [3.63, 3.8) is 0 Å². The highest BCUT2D eigenvalue weighted by atomic mass is 35.5. The topological polar surface area (TPSA) is 105 Å². The summed E-state index contributed by atoms with van der Waals surface area (Å²) >= 11 is 5.96. The predicted octanol–water partition coefficient (Wildman–Crippen LogP) is 3.62. The summed E-state index contributed by atoms with van der Waals surface area (Å²) in [4.78, 5) is 33.1. The summed E-state index contributed by atoms with van der Waals surface area (Å²) in [5, 5.41) is 2.95. The van der Waals surface area contributed by atoms with Crippen LogP contribution in [0.15, 0.2) is 18.5 Å². The molecule has 0 saturated carbocycles. The van der Waals surface area contributed by atoms with E-state index >= 15 is 0 Å². The molecule has 0 saturated heterocycles. The average Bonchev–Trinajstić information content (AvgIpc) is 3.04. The summed E-state index contributed by atoms with van der Waals surface area (Å²) in [6.45, 7) is 9.38. The third-order valence-electron chi connectivity index (χ3n) is 4.29. The molecule has 0 radical (unpaired) electrons. The summed E-state index contributed by atoms with van der Waals surface area (Å²) in [5.41, 5.74) is 0.815. The Labute approximate surface area is 187 Å². The van der Waals surface area contributed by atoms with Gasteiger partial charge in [-0.3, -0.25) is 0 Å². The van der Waals surface area contributed by atoms with Gasteiger partial charge in [-0.25, -0.2) is 19.6 Å². The predicted molar refractivity (Wildman–Crippen MR) is 116 cm³/mol. The molecule has 1 unspecified atom stereocenters. The Morgan fingerprint density at radius 3 is 2.48 bits per heavy atom. The van der Waals surface area contributed by atoms with Crippen LogP contribution in [0.1, 0.15) is 43.7 Å². The van der Waals surface area contributed by atoms with Gasteiger partial charge in [0.05, 0.1) is 24.9 Å². The fourth-order valence-corrected chi connectivity index (χ4v) is 3.26. The van der Waals surface area contributed by atoms with Crippen molar-refractivity contribution < 1.29 is 23.8 Å². The van der Waals surface area contributed by atoms with E-state index in [0.29, 0.717) is 17.0 Å². The number of amides is 1. The summed E-state index contributed by atoms with van der Waals surface area (Å²) in [7, 11) is 2.84. The molecule has 0 bridgehead atoms. The molecule has 1 N–H and O–H groups in total. The molecule has 2 aromatic heterocycles. The lowest BCUT2D eigenvalue weighted by Gasteiger charge is -2.32. The number of carbonyl (C=O) groups excluding carboxylic acids is 2. The molecule has 10 heteroatoms. The fourth-order valence-electron chi connectivity index (χ4n) is 3.12. The standard InChI is InChI=1S/C21H29ClN4O5/c1-13-9-23-18(22)24-16(13)14-8-15(17(27)30-7)26(10-14)11-21(5,12-29-6)25-19(28)31-20(2,3)4/h8-10H,11-12H2,1-7H3,(H,25,28). The van der Waals surface area contributed by atoms with Crippen LogP contribution in [0.2, 0.25) is 5.28 Å². The molecule has 0 aliphatic rings. The molecule has 0 fully saturated rings. The van der Waals surface area contributed by atoms with Gasteiger partial charge >= 0.3 is 12.1 Å². The molecule has 9 nitrogen and oxygen atoms in total. The molecule has 1 amide bonds. The zero-order valence-electron chi connectivity index (χ0n) is 18.9. The second kappa shape index (κ2) is 9.65. The molecule has 0 aliphatic heterocycles. The van der Waals surface area contributed by atoms with Crippen LogP contribution in [0.5, 0.6) is 0 Å². The minimum Gasteiger partial charge on any atom is -0.464 e.